The third-order valence-corrected chi connectivity index (χ3v) is 3.61. The molecule has 3 aromatic rings. The van der Waals surface area contributed by atoms with E-state index in [-0.39, 0.29) is 22.3 Å². The molecule has 6 nitrogen and oxygen atoms in total. The summed E-state index contributed by atoms with van der Waals surface area (Å²) in [6.45, 7) is -0.576. The van der Waals surface area contributed by atoms with Gasteiger partial charge >= 0.3 is 6.18 Å². The summed E-state index contributed by atoms with van der Waals surface area (Å²) >= 11 is 0. The Labute approximate surface area is 138 Å². The number of para-hydroxylation sites is 2. The number of carbonyl (C=O) groups excluding carboxylic acids is 1. The quantitative estimate of drug-likeness (QED) is 0.407. The molecule has 0 atom stereocenters. The van der Waals surface area contributed by atoms with Crippen LogP contribution in [0, 0.1) is 10.1 Å². The van der Waals surface area contributed by atoms with Crippen molar-refractivity contribution in [2.75, 3.05) is 0 Å². The zero-order valence-corrected chi connectivity index (χ0v) is 12.5. The predicted molar refractivity (Wildman–Crippen MR) is 82.2 cm³/mol. The Morgan fingerprint density at radius 2 is 1.76 bits per heavy atom. The second-order valence-electron chi connectivity index (χ2n) is 5.24. The molecule has 0 N–H and O–H groups in total. The van der Waals surface area contributed by atoms with Crippen LogP contribution >= 0.6 is 0 Å². The number of hydrogen-bond acceptors (Lipinski definition) is 4. The first-order valence-corrected chi connectivity index (χ1v) is 7.07. The number of benzene rings is 2. The number of aromatic nitrogens is 2. The zero-order valence-electron chi connectivity index (χ0n) is 12.5. The van der Waals surface area contributed by atoms with Crippen LogP contribution in [0.3, 0.4) is 0 Å². The molecule has 25 heavy (non-hydrogen) atoms. The van der Waals surface area contributed by atoms with Crippen LogP contribution in [0.5, 0.6) is 0 Å². The van der Waals surface area contributed by atoms with Crippen LogP contribution in [-0.4, -0.2) is 20.3 Å². The lowest BCUT2D eigenvalue weighted by Crippen LogP contribution is -2.19. The van der Waals surface area contributed by atoms with Gasteiger partial charge in [-0.3, -0.25) is 14.9 Å². The van der Waals surface area contributed by atoms with Gasteiger partial charge in [0.1, 0.15) is 0 Å². The standard InChI is InChI=1S/C16H10F3N3O3/c17-16(18,19)15-20-12-3-1-2-4-13(12)21(15)9-14(23)10-5-7-11(8-6-10)22(24)25/h1-8H,9H2. The molecule has 0 radical (unpaired) electrons. The van der Waals surface area contributed by atoms with Gasteiger partial charge < -0.3 is 4.57 Å². The van der Waals surface area contributed by atoms with Crippen molar-refractivity contribution in [1.29, 1.82) is 0 Å². The van der Waals surface area contributed by atoms with E-state index < -0.39 is 29.3 Å². The minimum atomic E-state index is -4.71. The van der Waals surface area contributed by atoms with E-state index in [0.717, 1.165) is 16.7 Å². The van der Waals surface area contributed by atoms with Crippen molar-refractivity contribution >= 4 is 22.5 Å². The molecule has 0 amide bonds. The molecule has 0 aliphatic heterocycles. The fourth-order valence-electron chi connectivity index (χ4n) is 2.46. The van der Waals surface area contributed by atoms with Gasteiger partial charge in [-0.15, -0.1) is 0 Å². The van der Waals surface area contributed by atoms with Gasteiger partial charge in [0, 0.05) is 17.7 Å². The third-order valence-electron chi connectivity index (χ3n) is 3.61. The summed E-state index contributed by atoms with van der Waals surface area (Å²) < 4.78 is 40.4. The lowest BCUT2D eigenvalue weighted by Gasteiger charge is -2.10. The molecule has 0 aliphatic rings. The molecule has 9 heteroatoms. The molecule has 3 rings (SSSR count). The monoisotopic (exact) mass is 349 g/mol. The molecule has 0 saturated heterocycles. The normalized spacial score (nSPS) is 11.6. The number of halogens is 3. The van der Waals surface area contributed by atoms with E-state index in [9.17, 15) is 28.1 Å². The van der Waals surface area contributed by atoms with E-state index in [1.54, 1.807) is 12.1 Å². The van der Waals surface area contributed by atoms with Gasteiger partial charge in [-0.25, -0.2) is 4.98 Å². The average molecular weight is 349 g/mol. The van der Waals surface area contributed by atoms with Crippen molar-refractivity contribution in [1.82, 2.24) is 9.55 Å². The molecule has 0 bridgehead atoms. The second kappa shape index (κ2) is 6.00. The largest absolute Gasteiger partial charge is 0.449 e. The summed E-state index contributed by atoms with van der Waals surface area (Å²) in [5.74, 6) is -1.77. The van der Waals surface area contributed by atoms with Crippen molar-refractivity contribution in [3.8, 4) is 0 Å². The molecule has 0 fully saturated rings. The van der Waals surface area contributed by atoms with Crippen molar-refractivity contribution in [3.05, 3.63) is 70.0 Å². The Morgan fingerprint density at radius 3 is 2.36 bits per heavy atom. The number of nitro benzene ring substituents is 1. The number of alkyl halides is 3. The first-order chi connectivity index (χ1) is 11.8. The fourth-order valence-corrected chi connectivity index (χ4v) is 2.46. The molecule has 1 aromatic heterocycles. The fraction of sp³-hybridized carbons (Fsp3) is 0.125. The number of non-ortho nitro benzene ring substituents is 1. The van der Waals surface area contributed by atoms with Gasteiger partial charge in [0.25, 0.3) is 5.69 Å². The van der Waals surface area contributed by atoms with E-state index in [1.165, 1.54) is 24.3 Å². The molecule has 0 unspecified atom stereocenters. The van der Waals surface area contributed by atoms with Gasteiger partial charge in [-0.05, 0) is 24.3 Å². The number of rotatable bonds is 4. The van der Waals surface area contributed by atoms with Crippen LogP contribution in [0.2, 0.25) is 0 Å². The summed E-state index contributed by atoms with van der Waals surface area (Å²) in [5.41, 5.74) is 0.188. The second-order valence-corrected chi connectivity index (χ2v) is 5.24. The van der Waals surface area contributed by atoms with Crippen LogP contribution in [0.15, 0.2) is 48.5 Å². The van der Waals surface area contributed by atoms with Gasteiger partial charge in [-0.2, -0.15) is 13.2 Å². The Balaban J connectivity index is 1.99. The highest BCUT2D eigenvalue weighted by Gasteiger charge is 2.38. The van der Waals surface area contributed by atoms with Crippen LogP contribution in [0.1, 0.15) is 16.2 Å². The zero-order chi connectivity index (χ0) is 18.2. The smallest absolute Gasteiger partial charge is 0.312 e. The topological polar surface area (TPSA) is 78.0 Å². The molecule has 0 spiro atoms. The number of ketones is 1. The highest BCUT2D eigenvalue weighted by molar-refractivity contribution is 5.97. The lowest BCUT2D eigenvalue weighted by atomic mass is 10.1. The number of carbonyl (C=O) groups is 1. The van der Waals surface area contributed by atoms with E-state index >= 15 is 0 Å². The number of Topliss-reactive ketones (excluding diaryl/α,β-unsaturated/α-hetero) is 1. The van der Waals surface area contributed by atoms with Crippen LogP contribution in [0.25, 0.3) is 11.0 Å². The molecular weight excluding hydrogens is 339 g/mol. The summed E-state index contributed by atoms with van der Waals surface area (Å²) in [7, 11) is 0. The van der Waals surface area contributed by atoms with Gasteiger partial charge in [0.2, 0.25) is 5.82 Å². The minimum Gasteiger partial charge on any atom is -0.312 e. The van der Waals surface area contributed by atoms with Crippen LogP contribution in [-0.2, 0) is 12.7 Å². The first kappa shape index (κ1) is 16.6. The molecule has 128 valence electrons. The molecule has 1 heterocycles. The summed E-state index contributed by atoms with van der Waals surface area (Å²) in [4.78, 5) is 25.9. The van der Waals surface area contributed by atoms with E-state index in [2.05, 4.69) is 4.98 Å². The molecule has 0 aliphatic carbocycles. The maximum atomic E-state index is 13.2. The van der Waals surface area contributed by atoms with Crippen LogP contribution < -0.4 is 0 Å². The summed E-state index contributed by atoms with van der Waals surface area (Å²) in [6.07, 6.45) is -4.71. The Bertz CT molecular complexity index is 962. The summed E-state index contributed by atoms with van der Waals surface area (Å²) in [5, 5.41) is 10.6. The van der Waals surface area contributed by atoms with E-state index in [1.807, 2.05) is 0 Å². The average Bonchev–Trinajstić information content (AvgIpc) is 2.94. The van der Waals surface area contributed by atoms with Crippen molar-refractivity contribution in [2.24, 2.45) is 0 Å². The molecular formula is C16H10F3N3O3. The number of nitrogens with zero attached hydrogens (tertiary/aromatic N) is 3. The van der Waals surface area contributed by atoms with Crippen molar-refractivity contribution < 1.29 is 22.9 Å². The van der Waals surface area contributed by atoms with E-state index in [4.69, 9.17) is 0 Å². The number of nitro groups is 1. The SMILES string of the molecule is O=C(Cn1c(C(F)(F)F)nc2ccccc21)c1ccc([N+](=O)[O-])cc1. The number of fused-ring (bicyclic) bond motifs is 1. The predicted octanol–water partition coefficient (Wildman–Crippen LogP) is 3.85. The number of hydrogen-bond donors (Lipinski definition) is 0. The van der Waals surface area contributed by atoms with Crippen molar-refractivity contribution in [2.45, 2.75) is 12.7 Å². The first-order valence-electron chi connectivity index (χ1n) is 7.07. The maximum absolute atomic E-state index is 13.2. The lowest BCUT2D eigenvalue weighted by molar-refractivity contribution is -0.384. The van der Waals surface area contributed by atoms with Gasteiger partial charge in [0.15, 0.2) is 5.78 Å². The Kier molecular flexibility index (Phi) is 3.99. The highest BCUT2D eigenvalue weighted by atomic mass is 19.4. The molecule has 2 aromatic carbocycles. The number of imidazole rings is 1. The van der Waals surface area contributed by atoms with E-state index in [0.29, 0.717) is 0 Å². The van der Waals surface area contributed by atoms with Crippen LogP contribution in [0.4, 0.5) is 18.9 Å². The Hall–Kier alpha value is -3.23. The van der Waals surface area contributed by atoms with Gasteiger partial charge in [-0.1, -0.05) is 12.1 Å². The third kappa shape index (κ3) is 3.21. The van der Waals surface area contributed by atoms with Gasteiger partial charge in [0.05, 0.1) is 22.5 Å². The van der Waals surface area contributed by atoms with Crippen molar-refractivity contribution in [3.63, 3.8) is 0 Å². The summed E-state index contributed by atoms with van der Waals surface area (Å²) in [6, 6.07) is 10.7. The Morgan fingerprint density at radius 1 is 1.12 bits per heavy atom. The maximum Gasteiger partial charge on any atom is 0.449 e. The highest BCUT2D eigenvalue weighted by Crippen LogP contribution is 2.31. The minimum absolute atomic E-state index is 0.0801. The molecule has 0 saturated carbocycles.